The van der Waals surface area contributed by atoms with Crippen LogP contribution in [0.15, 0.2) is 24.3 Å². The van der Waals surface area contributed by atoms with Gasteiger partial charge in [-0.25, -0.2) is 0 Å². The quantitative estimate of drug-likeness (QED) is 0.860. The van der Waals surface area contributed by atoms with E-state index in [9.17, 15) is 4.79 Å². The maximum atomic E-state index is 11.9. The lowest BCUT2D eigenvalue weighted by Crippen LogP contribution is -2.34. The monoisotopic (exact) mass is 248 g/mol. The number of nitrogens with two attached hydrogens (primary N) is 1. The molecule has 0 aliphatic heterocycles. The molecule has 1 rings (SSSR count). The van der Waals surface area contributed by atoms with E-state index in [1.54, 1.807) is 0 Å². The Hall–Kier alpha value is -1.35. The van der Waals surface area contributed by atoms with Crippen molar-refractivity contribution in [3.05, 3.63) is 35.4 Å². The zero-order valence-electron chi connectivity index (χ0n) is 11.8. The van der Waals surface area contributed by atoms with Crippen LogP contribution in [0.25, 0.3) is 0 Å². The molecule has 0 aliphatic carbocycles. The highest BCUT2D eigenvalue weighted by Gasteiger charge is 2.14. The lowest BCUT2D eigenvalue weighted by atomic mass is 9.86. The van der Waals surface area contributed by atoms with Gasteiger partial charge in [-0.05, 0) is 43.0 Å². The molecule has 1 amide bonds. The topological polar surface area (TPSA) is 55.1 Å². The Bertz CT molecular complexity index is 390. The van der Waals surface area contributed by atoms with Crippen molar-refractivity contribution in [1.82, 2.24) is 5.32 Å². The smallest absolute Gasteiger partial charge is 0.251 e. The minimum atomic E-state index is -0.0311. The summed E-state index contributed by atoms with van der Waals surface area (Å²) in [5, 5.41) is 2.94. The van der Waals surface area contributed by atoms with Crippen molar-refractivity contribution < 1.29 is 4.79 Å². The van der Waals surface area contributed by atoms with Crippen LogP contribution < -0.4 is 11.1 Å². The van der Waals surface area contributed by atoms with Crippen LogP contribution in [0.4, 0.5) is 0 Å². The van der Waals surface area contributed by atoms with Crippen molar-refractivity contribution in [2.45, 2.75) is 45.6 Å². The fourth-order valence-electron chi connectivity index (χ4n) is 1.75. The predicted molar refractivity (Wildman–Crippen MR) is 75.7 cm³/mol. The van der Waals surface area contributed by atoms with Crippen molar-refractivity contribution in [2.24, 2.45) is 5.73 Å². The maximum Gasteiger partial charge on any atom is 0.251 e. The molecule has 0 heterocycles. The number of hydrogen-bond acceptors (Lipinski definition) is 2. The largest absolute Gasteiger partial charge is 0.350 e. The van der Waals surface area contributed by atoms with Gasteiger partial charge < -0.3 is 11.1 Å². The van der Waals surface area contributed by atoms with Crippen molar-refractivity contribution in [3.63, 3.8) is 0 Å². The van der Waals surface area contributed by atoms with Crippen molar-refractivity contribution in [3.8, 4) is 0 Å². The standard InChI is InChI=1S/C15H24N2O/c1-11(9-10-16)17-14(18)12-5-7-13(8-6-12)15(2,3)4/h5-8,11H,9-10,16H2,1-4H3,(H,17,18). The van der Waals surface area contributed by atoms with Gasteiger partial charge in [0.25, 0.3) is 5.91 Å². The summed E-state index contributed by atoms with van der Waals surface area (Å²) in [6.45, 7) is 9.03. The molecule has 0 aliphatic rings. The summed E-state index contributed by atoms with van der Waals surface area (Å²) in [7, 11) is 0. The van der Waals surface area contributed by atoms with Gasteiger partial charge in [-0.15, -0.1) is 0 Å². The average Bonchev–Trinajstić information content (AvgIpc) is 2.28. The van der Waals surface area contributed by atoms with Crippen LogP contribution in [0, 0.1) is 0 Å². The van der Waals surface area contributed by atoms with Crippen LogP contribution in [0.3, 0.4) is 0 Å². The molecule has 1 aromatic carbocycles. The number of hydrogen-bond donors (Lipinski definition) is 2. The normalized spacial score (nSPS) is 13.2. The van der Waals surface area contributed by atoms with Crippen molar-refractivity contribution in [1.29, 1.82) is 0 Å². The Kier molecular flexibility index (Phi) is 4.91. The molecule has 0 aromatic heterocycles. The van der Waals surface area contributed by atoms with Crippen LogP contribution in [0.5, 0.6) is 0 Å². The van der Waals surface area contributed by atoms with Crippen LogP contribution in [-0.4, -0.2) is 18.5 Å². The first-order valence-electron chi connectivity index (χ1n) is 6.46. The van der Waals surface area contributed by atoms with Crippen LogP contribution in [0.2, 0.25) is 0 Å². The summed E-state index contributed by atoms with van der Waals surface area (Å²) in [6, 6.07) is 7.91. The van der Waals surface area contributed by atoms with Gasteiger partial charge in [0.15, 0.2) is 0 Å². The molecule has 3 heteroatoms. The van der Waals surface area contributed by atoms with E-state index in [1.807, 2.05) is 31.2 Å². The van der Waals surface area contributed by atoms with Gasteiger partial charge in [0.2, 0.25) is 0 Å². The van der Waals surface area contributed by atoms with E-state index in [1.165, 1.54) is 5.56 Å². The highest BCUT2D eigenvalue weighted by atomic mass is 16.1. The maximum absolute atomic E-state index is 11.9. The minimum absolute atomic E-state index is 0.0311. The van der Waals surface area contributed by atoms with Gasteiger partial charge in [-0.2, -0.15) is 0 Å². The van der Waals surface area contributed by atoms with Crippen LogP contribution in [-0.2, 0) is 5.41 Å². The lowest BCUT2D eigenvalue weighted by molar-refractivity contribution is 0.0939. The minimum Gasteiger partial charge on any atom is -0.350 e. The number of benzene rings is 1. The van der Waals surface area contributed by atoms with Gasteiger partial charge >= 0.3 is 0 Å². The molecule has 0 radical (unpaired) electrons. The average molecular weight is 248 g/mol. The third-order valence-electron chi connectivity index (χ3n) is 2.99. The van der Waals surface area contributed by atoms with E-state index in [4.69, 9.17) is 5.73 Å². The van der Waals surface area contributed by atoms with Gasteiger partial charge in [0, 0.05) is 11.6 Å². The summed E-state index contributed by atoms with van der Waals surface area (Å²) < 4.78 is 0. The van der Waals surface area contributed by atoms with E-state index >= 15 is 0 Å². The number of nitrogens with one attached hydrogen (secondary N) is 1. The molecule has 1 atom stereocenters. The highest BCUT2D eigenvalue weighted by molar-refractivity contribution is 5.94. The number of carbonyl (C=O) groups excluding carboxylic acids is 1. The van der Waals surface area contributed by atoms with Crippen molar-refractivity contribution in [2.75, 3.05) is 6.54 Å². The first kappa shape index (κ1) is 14.7. The Morgan fingerprint density at radius 3 is 2.28 bits per heavy atom. The molecule has 0 saturated heterocycles. The molecular weight excluding hydrogens is 224 g/mol. The predicted octanol–water partition coefficient (Wildman–Crippen LogP) is 2.45. The summed E-state index contributed by atoms with van der Waals surface area (Å²) in [4.78, 5) is 11.9. The molecule has 3 N–H and O–H groups in total. The number of rotatable bonds is 4. The van der Waals surface area contributed by atoms with Gasteiger partial charge in [0.1, 0.15) is 0 Å². The Balaban J connectivity index is 2.71. The van der Waals surface area contributed by atoms with Gasteiger partial charge in [-0.1, -0.05) is 32.9 Å². The second-order valence-corrected chi connectivity index (χ2v) is 5.78. The fraction of sp³-hybridized carbons (Fsp3) is 0.533. The molecule has 0 fully saturated rings. The molecule has 1 unspecified atom stereocenters. The van der Waals surface area contributed by atoms with Gasteiger partial charge in [-0.3, -0.25) is 4.79 Å². The Labute approximate surface area is 110 Å². The van der Waals surface area contributed by atoms with E-state index in [0.29, 0.717) is 12.1 Å². The molecule has 0 saturated carbocycles. The number of amides is 1. The molecule has 18 heavy (non-hydrogen) atoms. The first-order chi connectivity index (χ1) is 8.34. The Morgan fingerprint density at radius 2 is 1.83 bits per heavy atom. The van der Waals surface area contributed by atoms with Crippen LogP contribution in [0.1, 0.15) is 50.0 Å². The summed E-state index contributed by atoms with van der Waals surface area (Å²) in [6.07, 6.45) is 0.797. The first-order valence-corrected chi connectivity index (χ1v) is 6.46. The Morgan fingerprint density at radius 1 is 1.28 bits per heavy atom. The SMILES string of the molecule is CC(CCN)NC(=O)c1ccc(C(C)(C)C)cc1. The number of carbonyl (C=O) groups is 1. The third-order valence-corrected chi connectivity index (χ3v) is 2.99. The van der Waals surface area contributed by atoms with E-state index in [-0.39, 0.29) is 17.4 Å². The molecular formula is C15H24N2O. The molecule has 0 bridgehead atoms. The zero-order chi connectivity index (χ0) is 13.8. The zero-order valence-corrected chi connectivity index (χ0v) is 11.8. The molecule has 0 spiro atoms. The fourth-order valence-corrected chi connectivity index (χ4v) is 1.75. The summed E-state index contributed by atoms with van der Waals surface area (Å²) in [5.74, 6) is -0.0311. The van der Waals surface area contributed by atoms with E-state index in [2.05, 4.69) is 26.1 Å². The second kappa shape index (κ2) is 6.01. The lowest BCUT2D eigenvalue weighted by Gasteiger charge is -2.19. The van der Waals surface area contributed by atoms with E-state index in [0.717, 1.165) is 6.42 Å². The highest BCUT2D eigenvalue weighted by Crippen LogP contribution is 2.22. The summed E-state index contributed by atoms with van der Waals surface area (Å²) >= 11 is 0. The van der Waals surface area contributed by atoms with Crippen LogP contribution >= 0.6 is 0 Å². The summed E-state index contributed by atoms with van der Waals surface area (Å²) in [5.41, 5.74) is 7.50. The third kappa shape index (κ3) is 4.15. The molecule has 3 nitrogen and oxygen atoms in total. The van der Waals surface area contributed by atoms with E-state index < -0.39 is 0 Å². The van der Waals surface area contributed by atoms with Gasteiger partial charge in [0.05, 0.1) is 0 Å². The van der Waals surface area contributed by atoms with Crippen molar-refractivity contribution >= 4 is 5.91 Å². The molecule has 100 valence electrons. The molecule has 1 aromatic rings. The second-order valence-electron chi connectivity index (χ2n) is 5.78.